The quantitative estimate of drug-likeness (QED) is 0.719. The molecule has 2 heterocycles. The highest BCUT2D eigenvalue weighted by atomic mass is 35.5. The van der Waals surface area contributed by atoms with Gasteiger partial charge >= 0.3 is 0 Å². The lowest BCUT2D eigenvalue weighted by Gasteiger charge is -2.32. The third-order valence-corrected chi connectivity index (χ3v) is 6.43. The van der Waals surface area contributed by atoms with Crippen molar-refractivity contribution in [2.45, 2.75) is 44.6 Å². The molecule has 2 fully saturated rings. The molecule has 0 spiro atoms. The molecule has 1 saturated carbocycles. The second kappa shape index (κ2) is 10.1. The van der Waals surface area contributed by atoms with Crippen molar-refractivity contribution in [3.05, 3.63) is 52.9 Å². The average molecular weight is 456 g/mol. The molecular weight excluding hydrogens is 430 g/mol. The molecule has 32 heavy (non-hydrogen) atoms. The van der Waals surface area contributed by atoms with E-state index in [1.165, 1.54) is 12.4 Å². The van der Waals surface area contributed by atoms with Crippen molar-refractivity contribution in [3.8, 4) is 0 Å². The molecule has 9 heteroatoms. The SMILES string of the molecule is O=C(NC1CCN(C(=O)c2ccccc2Cl)CC1)c1nccnc1NC(=O)C1CCCC1. The summed E-state index contributed by atoms with van der Waals surface area (Å²) in [6.45, 7) is 1.03. The first kappa shape index (κ1) is 22.2. The van der Waals surface area contributed by atoms with Crippen LogP contribution < -0.4 is 10.6 Å². The van der Waals surface area contributed by atoms with Crippen LogP contribution in [0.3, 0.4) is 0 Å². The standard InChI is InChI=1S/C23H26ClN5O3/c24-18-8-4-3-7-17(18)23(32)29-13-9-16(10-14-29)27-22(31)19-20(26-12-11-25-19)28-21(30)15-5-1-2-6-15/h3-4,7-8,11-12,15-16H,1-2,5-6,9-10,13-14H2,(H,27,31)(H,26,28,30). The number of anilines is 1. The van der Waals surface area contributed by atoms with Crippen molar-refractivity contribution in [3.63, 3.8) is 0 Å². The summed E-state index contributed by atoms with van der Waals surface area (Å²) in [7, 11) is 0. The molecule has 1 saturated heterocycles. The fourth-order valence-corrected chi connectivity index (χ4v) is 4.50. The Morgan fingerprint density at radius 3 is 2.38 bits per heavy atom. The van der Waals surface area contributed by atoms with Crippen LogP contribution in [0.25, 0.3) is 0 Å². The Kier molecular flexibility index (Phi) is 6.99. The lowest BCUT2D eigenvalue weighted by molar-refractivity contribution is -0.119. The molecule has 2 aromatic rings. The van der Waals surface area contributed by atoms with Gasteiger partial charge in [-0.15, -0.1) is 0 Å². The summed E-state index contributed by atoms with van der Waals surface area (Å²) >= 11 is 6.15. The van der Waals surface area contributed by atoms with E-state index in [0.717, 1.165) is 25.7 Å². The lowest BCUT2D eigenvalue weighted by atomic mass is 10.0. The summed E-state index contributed by atoms with van der Waals surface area (Å²) in [6, 6.07) is 6.89. The van der Waals surface area contributed by atoms with Gasteiger partial charge < -0.3 is 15.5 Å². The Balaban J connectivity index is 1.34. The number of benzene rings is 1. The van der Waals surface area contributed by atoms with Crippen LogP contribution in [0, 0.1) is 5.92 Å². The molecule has 0 unspecified atom stereocenters. The number of hydrogen-bond acceptors (Lipinski definition) is 5. The number of hydrogen-bond donors (Lipinski definition) is 2. The summed E-state index contributed by atoms with van der Waals surface area (Å²) in [5.74, 6) is -0.438. The molecule has 4 rings (SSSR count). The monoisotopic (exact) mass is 455 g/mol. The fourth-order valence-electron chi connectivity index (χ4n) is 4.29. The minimum atomic E-state index is -0.379. The van der Waals surface area contributed by atoms with Crippen LogP contribution in [-0.4, -0.2) is 51.7 Å². The zero-order valence-electron chi connectivity index (χ0n) is 17.7. The third kappa shape index (κ3) is 5.07. The lowest BCUT2D eigenvalue weighted by Crippen LogP contribution is -2.46. The maximum absolute atomic E-state index is 12.9. The van der Waals surface area contributed by atoms with Crippen LogP contribution in [0.5, 0.6) is 0 Å². The molecule has 8 nitrogen and oxygen atoms in total. The number of carbonyl (C=O) groups is 3. The Labute approximate surface area is 191 Å². The molecule has 3 amide bonds. The van der Waals surface area contributed by atoms with Crippen LogP contribution in [0.2, 0.25) is 5.02 Å². The van der Waals surface area contributed by atoms with Gasteiger partial charge in [0, 0.05) is 37.4 Å². The van der Waals surface area contributed by atoms with Crippen LogP contribution >= 0.6 is 11.6 Å². The Morgan fingerprint density at radius 2 is 1.66 bits per heavy atom. The fraction of sp³-hybridized carbons (Fsp3) is 0.435. The van der Waals surface area contributed by atoms with E-state index < -0.39 is 0 Å². The van der Waals surface area contributed by atoms with E-state index in [4.69, 9.17) is 11.6 Å². The highest BCUT2D eigenvalue weighted by Gasteiger charge is 2.28. The summed E-state index contributed by atoms with van der Waals surface area (Å²) < 4.78 is 0. The second-order valence-corrected chi connectivity index (χ2v) is 8.65. The van der Waals surface area contributed by atoms with E-state index in [2.05, 4.69) is 20.6 Å². The van der Waals surface area contributed by atoms with Gasteiger partial charge in [-0.3, -0.25) is 14.4 Å². The van der Waals surface area contributed by atoms with Gasteiger partial charge in [-0.2, -0.15) is 0 Å². The minimum absolute atomic E-state index is 0.0344. The van der Waals surface area contributed by atoms with E-state index in [0.29, 0.717) is 36.5 Å². The number of aromatic nitrogens is 2. The largest absolute Gasteiger partial charge is 0.348 e. The average Bonchev–Trinajstić information content (AvgIpc) is 3.35. The van der Waals surface area contributed by atoms with Crippen molar-refractivity contribution in [2.75, 3.05) is 18.4 Å². The van der Waals surface area contributed by atoms with Gasteiger partial charge in [0.15, 0.2) is 11.5 Å². The van der Waals surface area contributed by atoms with Crippen molar-refractivity contribution >= 4 is 35.1 Å². The Bertz CT molecular complexity index is 1000. The van der Waals surface area contributed by atoms with E-state index in [-0.39, 0.29) is 41.2 Å². The smallest absolute Gasteiger partial charge is 0.273 e. The van der Waals surface area contributed by atoms with Crippen LogP contribution in [0.15, 0.2) is 36.7 Å². The summed E-state index contributed by atoms with van der Waals surface area (Å²) in [5.41, 5.74) is 0.590. The third-order valence-electron chi connectivity index (χ3n) is 6.10. The Morgan fingerprint density at radius 1 is 0.969 bits per heavy atom. The van der Waals surface area contributed by atoms with Gasteiger partial charge in [0.1, 0.15) is 0 Å². The van der Waals surface area contributed by atoms with Crippen LogP contribution in [0.4, 0.5) is 5.82 Å². The van der Waals surface area contributed by atoms with Crippen molar-refractivity contribution in [1.82, 2.24) is 20.2 Å². The molecule has 2 N–H and O–H groups in total. The first-order valence-electron chi connectivity index (χ1n) is 11.0. The molecule has 2 aliphatic rings. The maximum Gasteiger partial charge on any atom is 0.273 e. The molecule has 1 aliphatic carbocycles. The van der Waals surface area contributed by atoms with E-state index in [1.54, 1.807) is 29.2 Å². The molecule has 0 atom stereocenters. The van der Waals surface area contributed by atoms with Gasteiger partial charge in [0.25, 0.3) is 11.8 Å². The number of likely N-dealkylation sites (tertiary alicyclic amines) is 1. The summed E-state index contributed by atoms with van der Waals surface area (Å²) in [6.07, 6.45) is 7.94. The molecule has 0 radical (unpaired) electrons. The number of piperidine rings is 1. The maximum atomic E-state index is 12.9. The normalized spacial score (nSPS) is 17.2. The highest BCUT2D eigenvalue weighted by Crippen LogP contribution is 2.26. The first-order valence-corrected chi connectivity index (χ1v) is 11.4. The predicted molar refractivity (Wildman–Crippen MR) is 120 cm³/mol. The summed E-state index contributed by atoms with van der Waals surface area (Å²) in [4.78, 5) is 48.1. The molecule has 168 valence electrons. The van der Waals surface area contributed by atoms with Crippen molar-refractivity contribution < 1.29 is 14.4 Å². The number of nitrogens with zero attached hydrogens (tertiary/aromatic N) is 3. The number of carbonyl (C=O) groups excluding carboxylic acids is 3. The molecular formula is C23H26ClN5O3. The number of halogens is 1. The van der Waals surface area contributed by atoms with Gasteiger partial charge in [0.2, 0.25) is 5.91 Å². The van der Waals surface area contributed by atoms with E-state index >= 15 is 0 Å². The van der Waals surface area contributed by atoms with Gasteiger partial charge in [-0.25, -0.2) is 9.97 Å². The Hall–Kier alpha value is -3.00. The van der Waals surface area contributed by atoms with Gasteiger partial charge in [-0.05, 0) is 37.8 Å². The molecule has 1 aromatic heterocycles. The van der Waals surface area contributed by atoms with E-state index in [1.807, 2.05) is 0 Å². The van der Waals surface area contributed by atoms with E-state index in [9.17, 15) is 14.4 Å². The number of rotatable bonds is 5. The zero-order chi connectivity index (χ0) is 22.5. The number of nitrogens with one attached hydrogen (secondary N) is 2. The van der Waals surface area contributed by atoms with Crippen LogP contribution in [-0.2, 0) is 4.79 Å². The number of amides is 3. The minimum Gasteiger partial charge on any atom is -0.348 e. The van der Waals surface area contributed by atoms with Gasteiger partial charge in [0.05, 0.1) is 10.6 Å². The van der Waals surface area contributed by atoms with Crippen LogP contribution in [0.1, 0.15) is 59.4 Å². The first-order chi connectivity index (χ1) is 15.5. The molecule has 0 bridgehead atoms. The summed E-state index contributed by atoms with van der Waals surface area (Å²) in [5, 5.41) is 6.18. The zero-order valence-corrected chi connectivity index (χ0v) is 18.5. The molecule has 1 aromatic carbocycles. The van der Waals surface area contributed by atoms with Crippen molar-refractivity contribution in [2.24, 2.45) is 5.92 Å². The van der Waals surface area contributed by atoms with Crippen molar-refractivity contribution in [1.29, 1.82) is 0 Å². The highest BCUT2D eigenvalue weighted by molar-refractivity contribution is 6.33. The second-order valence-electron chi connectivity index (χ2n) is 8.24. The topological polar surface area (TPSA) is 104 Å². The van der Waals surface area contributed by atoms with Gasteiger partial charge in [-0.1, -0.05) is 36.6 Å². The molecule has 1 aliphatic heterocycles. The predicted octanol–water partition coefficient (Wildman–Crippen LogP) is 3.29.